The van der Waals surface area contributed by atoms with E-state index in [1.54, 1.807) is 0 Å². The standard InChI is InChI=1S/C15H30N2O/c1-4-18-10-9-17-11-14-7-5-6-8-16(14)12-15(17)13(2)3/h13-15H,4-12H2,1-3H3. The minimum Gasteiger partial charge on any atom is -0.380 e. The van der Waals surface area contributed by atoms with Gasteiger partial charge in [-0.15, -0.1) is 0 Å². The van der Waals surface area contributed by atoms with Crippen molar-refractivity contribution in [1.29, 1.82) is 0 Å². The van der Waals surface area contributed by atoms with Gasteiger partial charge in [0.1, 0.15) is 0 Å². The predicted octanol–water partition coefficient (Wildman–Crippen LogP) is 2.22. The van der Waals surface area contributed by atoms with E-state index in [1.807, 2.05) is 0 Å². The normalized spacial score (nSPS) is 30.7. The molecule has 3 heteroatoms. The number of rotatable bonds is 5. The van der Waals surface area contributed by atoms with Crippen molar-refractivity contribution < 1.29 is 4.74 Å². The smallest absolute Gasteiger partial charge is 0.0593 e. The van der Waals surface area contributed by atoms with Crippen molar-refractivity contribution >= 4 is 0 Å². The topological polar surface area (TPSA) is 15.7 Å². The first-order valence-corrected chi connectivity index (χ1v) is 7.78. The van der Waals surface area contributed by atoms with Crippen molar-refractivity contribution in [1.82, 2.24) is 9.80 Å². The van der Waals surface area contributed by atoms with Crippen LogP contribution in [-0.2, 0) is 4.74 Å². The van der Waals surface area contributed by atoms with Crippen LogP contribution in [0.2, 0.25) is 0 Å². The van der Waals surface area contributed by atoms with Gasteiger partial charge in [0.25, 0.3) is 0 Å². The highest BCUT2D eigenvalue weighted by molar-refractivity contribution is 4.91. The number of piperidine rings is 1. The number of fused-ring (bicyclic) bond motifs is 1. The van der Waals surface area contributed by atoms with Gasteiger partial charge in [-0.3, -0.25) is 9.80 Å². The summed E-state index contributed by atoms with van der Waals surface area (Å²) in [5.41, 5.74) is 0. The van der Waals surface area contributed by atoms with E-state index in [1.165, 1.54) is 38.9 Å². The summed E-state index contributed by atoms with van der Waals surface area (Å²) in [5, 5.41) is 0. The van der Waals surface area contributed by atoms with Gasteiger partial charge >= 0.3 is 0 Å². The quantitative estimate of drug-likeness (QED) is 0.700. The highest BCUT2D eigenvalue weighted by Gasteiger charge is 2.35. The Morgan fingerprint density at radius 2 is 2.06 bits per heavy atom. The fraction of sp³-hybridized carbons (Fsp3) is 1.00. The number of nitrogens with zero attached hydrogens (tertiary/aromatic N) is 2. The molecule has 0 aliphatic carbocycles. The molecule has 0 spiro atoms. The molecule has 2 aliphatic rings. The molecule has 2 fully saturated rings. The van der Waals surface area contributed by atoms with E-state index in [4.69, 9.17) is 4.74 Å². The minimum atomic E-state index is 0.722. The highest BCUT2D eigenvalue weighted by atomic mass is 16.5. The molecule has 2 rings (SSSR count). The molecule has 0 amide bonds. The van der Waals surface area contributed by atoms with E-state index in [9.17, 15) is 0 Å². The van der Waals surface area contributed by atoms with E-state index >= 15 is 0 Å². The summed E-state index contributed by atoms with van der Waals surface area (Å²) >= 11 is 0. The van der Waals surface area contributed by atoms with Gasteiger partial charge in [-0.05, 0) is 32.2 Å². The number of piperazine rings is 1. The summed E-state index contributed by atoms with van der Waals surface area (Å²) in [5.74, 6) is 0.745. The van der Waals surface area contributed by atoms with Crippen molar-refractivity contribution in [3.8, 4) is 0 Å². The Bertz CT molecular complexity index is 245. The van der Waals surface area contributed by atoms with E-state index in [0.717, 1.165) is 37.8 Å². The second-order valence-corrected chi connectivity index (χ2v) is 6.15. The van der Waals surface area contributed by atoms with Gasteiger partial charge in [-0.2, -0.15) is 0 Å². The molecule has 18 heavy (non-hydrogen) atoms. The van der Waals surface area contributed by atoms with E-state index in [0.29, 0.717) is 0 Å². The molecule has 2 aliphatic heterocycles. The second kappa shape index (κ2) is 6.88. The lowest BCUT2D eigenvalue weighted by molar-refractivity contribution is -0.0199. The minimum absolute atomic E-state index is 0.722. The molecule has 0 saturated carbocycles. The Morgan fingerprint density at radius 3 is 2.78 bits per heavy atom. The molecule has 0 aromatic rings. The molecule has 2 heterocycles. The van der Waals surface area contributed by atoms with E-state index in [2.05, 4.69) is 30.6 Å². The molecule has 106 valence electrons. The molecule has 0 N–H and O–H groups in total. The third-order valence-corrected chi connectivity index (χ3v) is 4.58. The molecule has 2 saturated heterocycles. The molecular formula is C15H30N2O. The van der Waals surface area contributed by atoms with Gasteiger partial charge in [0.15, 0.2) is 0 Å². The third-order valence-electron chi connectivity index (χ3n) is 4.58. The summed E-state index contributed by atoms with van der Waals surface area (Å²) in [4.78, 5) is 5.43. The average Bonchev–Trinajstić information content (AvgIpc) is 2.38. The third kappa shape index (κ3) is 3.46. The van der Waals surface area contributed by atoms with Gasteiger partial charge < -0.3 is 4.74 Å². The first-order valence-electron chi connectivity index (χ1n) is 7.78. The van der Waals surface area contributed by atoms with Crippen LogP contribution in [0, 0.1) is 5.92 Å². The maximum atomic E-state index is 5.55. The van der Waals surface area contributed by atoms with Crippen LogP contribution in [0.4, 0.5) is 0 Å². The van der Waals surface area contributed by atoms with E-state index < -0.39 is 0 Å². The van der Waals surface area contributed by atoms with Gasteiger partial charge in [0, 0.05) is 38.3 Å². The Hall–Kier alpha value is -0.120. The van der Waals surface area contributed by atoms with Crippen LogP contribution in [0.1, 0.15) is 40.0 Å². The molecule has 0 radical (unpaired) electrons. The first-order chi connectivity index (χ1) is 8.72. The van der Waals surface area contributed by atoms with Crippen molar-refractivity contribution in [3.63, 3.8) is 0 Å². The molecule has 0 aromatic heterocycles. The van der Waals surface area contributed by atoms with Crippen molar-refractivity contribution in [2.45, 2.75) is 52.1 Å². The monoisotopic (exact) mass is 254 g/mol. The van der Waals surface area contributed by atoms with Crippen LogP contribution in [0.3, 0.4) is 0 Å². The highest BCUT2D eigenvalue weighted by Crippen LogP contribution is 2.26. The predicted molar refractivity (Wildman–Crippen MR) is 75.9 cm³/mol. The Labute approximate surface area is 112 Å². The van der Waals surface area contributed by atoms with Crippen molar-refractivity contribution in [2.75, 3.05) is 39.4 Å². The zero-order valence-corrected chi connectivity index (χ0v) is 12.4. The lowest BCUT2D eigenvalue weighted by atomic mass is 9.92. The summed E-state index contributed by atoms with van der Waals surface area (Å²) in [7, 11) is 0. The SMILES string of the molecule is CCOCCN1CC2CCCCN2CC1C(C)C. The second-order valence-electron chi connectivity index (χ2n) is 6.15. The first kappa shape index (κ1) is 14.3. The maximum absolute atomic E-state index is 5.55. The molecule has 3 nitrogen and oxygen atoms in total. The van der Waals surface area contributed by atoms with Crippen LogP contribution in [0.5, 0.6) is 0 Å². The lowest BCUT2D eigenvalue weighted by Crippen LogP contribution is -2.61. The summed E-state index contributed by atoms with van der Waals surface area (Å²) in [6.07, 6.45) is 4.23. The van der Waals surface area contributed by atoms with Crippen LogP contribution in [-0.4, -0.2) is 61.3 Å². The van der Waals surface area contributed by atoms with Gasteiger partial charge in [0.05, 0.1) is 6.61 Å². The fourth-order valence-electron chi connectivity index (χ4n) is 3.48. The molecule has 0 aromatic carbocycles. The van der Waals surface area contributed by atoms with E-state index in [-0.39, 0.29) is 0 Å². The fourth-order valence-corrected chi connectivity index (χ4v) is 3.48. The molecule has 0 bridgehead atoms. The van der Waals surface area contributed by atoms with Crippen molar-refractivity contribution in [2.24, 2.45) is 5.92 Å². The van der Waals surface area contributed by atoms with Gasteiger partial charge in [-0.25, -0.2) is 0 Å². The average molecular weight is 254 g/mol. The van der Waals surface area contributed by atoms with Crippen LogP contribution < -0.4 is 0 Å². The Morgan fingerprint density at radius 1 is 1.22 bits per heavy atom. The number of hydrogen-bond acceptors (Lipinski definition) is 3. The van der Waals surface area contributed by atoms with Gasteiger partial charge in [-0.1, -0.05) is 20.3 Å². The zero-order valence-electron chi connectivity index (χ0n) is 12.4. The number of hydrogen-bond donors (Lipinski definition) is 0. The van der Waals surface area contributed by atoms with Crippen LogP contribution >= 0.6 is 0 Å². The zero-order chi connectivity index (χ0) is 13.0. The molecule has 2 unspecified atom stereocenters. The Balaban J connectivity index is 1.92. The summed E-state index contributed by atoms with van der Waals surface area (Å²) in [6.45, 7) is 13.5. The van der Waals surface area contributed by atoms with Crippen LogP contribution in [0.15, 0.2) is 0 Å². The van der Waals surface area contributed by atoms with Gasteiger partial charge in [0.2, 0.25) is 0 Å². The van der Waals surface area contributed by atoms with Crippen molar-refractivity contribution in [3.05, 3.63) is 0 Å². The number of ether oxygens (including phenoxy) is 1. The largest absolute Gasteiger partial charge is 0.380 e. The maximum Gasteiger partial charge on any atom is 0.0593 e. The summed E-state index contributed by atoms with van der Waals surface area (Å²) in [6, 6.07) is 1.54. The van der Waals surface area contributed by atoms with Crippen LogP contribution in [0.25, 0.3) is 0 Å². The lowest BCUT2D eigenvalue weighted by Gasteiger charge is -2.49. The Kier molecular flexibility index (Phi) is 5.46. The summed E-state index contributed by atoms with van der Waals surface area (Å²) < 4.78 is 5.55. The molecular weight excluding hydrogens is 224 g/mol. The molecule has 2 atom stereocenters.